The summed E-state index contributed by atoms with van der Waals surface area (Å²) < 4.78 is 5.76. The smallest absolute Gasteiger partial charge is 0.303 e. The van der Waals surface area contributed by atoms with E-state index in [1.54, 1.807) is 0 Å². The van der Waals surface area contributed by atoms with E-state index in [4.69, 9.17) is 9.84 Å². The second-order valence-corrected chi connectivity index (χ2v) is 5.16. The van der Waals surface area contributed by atoms with Gasteiger partial charge in [0, 0.05) is 18.3 Å². The lowest BCUT2D eigenvalue weighted by Gasteiger charge is -2.22. The van der Waals surface area contributed by atoms with Crippen LogP contribution in [0.2, 0.25) is 0 Å². The lowest BCUT2D eigenvalue weighted by Crippen LogP contribution is -2.27. The van der Waals surface area contributed by atoms with E-state index in [1.807, 2.05) is 6.08 Å². The summed E-state index contributed by atoms with van der Waals surface area (Å²) in [7, 11) is 0. The van der Waals surface area contributed by atoms with Gasteiger partial charge >= 0.3 is 5.97 Å². The fourth-order valence-electron chi connectivity index (χ4n) is 3.05. The minimum Gasteiger partial charge on any atom is -0.481 e. The van der Waals surface area contributed by atoms with Crippen LogP contribution >= 0.6 is 0 Å². The molecule has 2 fully saturated rings. The van der Waals surface area contributed by atoms with E-state index in [0.717, 1.165) is 32.0 Å². The number of carboxylic acids is 1. The lowest BCUT2D eigenvalue weighted by atomic mass is 9.78. The molecule has 2 aliphatic heterocycles. The van der Waals surface area contributed by atoms with Crippen molar-refractivity contribution in [1.82, 2.24) is 0 Å². The molecular weight excluding hydrogens is 232 g/mol. The molecule has 0 radical (unpaired) electrons. The Morgan fingerprint density at radius 1 is 1.28 bits per heavy atom. The zero-order valence-corrected chi connectivity index (χ0v) is 10.5. The summed E-state index contributed by atoms with van der Waals surface area (Å²) in [4.78, 5) is 21.4. The lowest BCUT2D eigenvalue weighted by molar-refractivity contribution is -0.137. The Hall–Kier alpha value is -1.16. The molecule has 2 bridgehead atoms. The fourth-order valence-corrected chi connectivity index (χ4v) is 3.05. The minimum atomic E-state index is -0.745. The van der Waals surface area contributed by atoms with Crippen molar-refractivity contribution < 1.29 is 19.4 Å². The van der Waals surface area contributed by atoms with Gasteiger partial charge in [0.05, 0.1) is 12.2 Å². The van der Waals surface area contributed by atoms with Crippen molar-refractivity contribution in [2.75, 3.05) is 0 Å². The Bertz CT molecular complexity index is 337. The fraction of sp³-hybridized carbons (Fsp3) is 0.714. The Balaban J connectivity index is 1.71. The van der Waals surface area contributed by atoms with Crippen LogP contribution in [0.25, 0.3) is 0 Å². The number of carbonyl (C=O) groups is 2. The highest BCUT2D eigenvalue weighted by Gasteiger charge is 2.47. The number of carbonyl (C=O) groups excluding carboxylic acids is 1. The summed E-state index contributed by atoms with van der Waals surface area (Å²) in [6, 6.07) is 0. The zero-order chi connectivity index (χ0) is 13.0. The molecule has 2 rings (SSSR count). The zero-order valence-electron chi connectivity index (χ0n) is 10.5. The van der Waals surface area contributed by atoms with E-state index in [9.17, 15) is 9.59 Å². The number of allylic oxidation sites excluding steroid dienone is 2. The molecule has 0 aromatic rings. The number of rotatable bonds is 7. The highest BCUT2D eigenvalue weighted by Crippen LogP contribution is 2.44. The molecule has 2 heterocycles. The van der Waals surface area contributed by atoms with Crippen LogP contribution in [0.15, 0.2) is 12.2 Å². The minimum absolute atomic E-state index is 0.0624. The molecule has 4 atom stereocenters. The third-order valence-corrected chi connectivity index (χ3v) is 3.98. The summed E-state index contributed by atoms with van der Waals surface area (Å²) in [5.74, 6) is -0.352. The van der Waals surface area contributed by atoms with E-state index in [-0.39, 0.29) is 24.5 Å². The largest absolute Gasteiger partial charge is 0.481 e. The second kappa shape index (κ2) is 6.14. The molecule has 18 heavy (non-hydrogen) atoms. The maximum atomic E-state index is 11.0. The molecule has 0 spiro atoms. The second-order valence-electron chi connectivity index (χ2n) is 5.16. The number of fused-ring (bicyclic) bond motifs is 2. The summed E-state index contributed by atoms with van der Waals surface area (Å²) in [6.07, 6.45) is 10.2. The van der Waals surface area contributed by atoms with Crippen LogP contribution in [-0.4, -0.2) is 29.6 Å². The number of aliphatic carboxylic acids is 1. The predicted octanol–water partition coefficient (Wildman–Crippen LogP) is 2.18. The Kier molecular flexibility index (Phi) is 4.53. The van der Waals surface area contributed by atoms with Gasteiger partial charge in [-0.2, -0.15) is 0 Å². The molecule has 100 valence electrons. The number of carboxylic acid groups (broad SMARTS) is 1. The predicted molar refractivity (Wildman–Crippen MR) is 66.2 cm³/mol. The van der Waals surface area contributed by atoms with Crippen LogP contribution in [0.3, 0.4) is 0 Å². The van der Waals surface area contributed by atoms with Crippen LogP contribution in [0, 0.1) is 11.8 Å². The summed E-state index contributed by atoms with van der Waals surface area (Å²) in [5.41, 5.74) is 0. The first-order chi connectivity index (χ1) is 8.72. The van der Waals surface area contributed by atoms with Gasteiger partial charge in [0.1, 0.15) is 6.29 Å². The first kappa shape index (κ1) is 13.3. The quantitative estimate of drug-likeness (QED) is 0.428. The molecular formula is C14H20O4. The van der Waals surface area contributed by atoms with Crippen molar-refractivity contribution in [3.05, 3.63) is 12.2 Å². The van der Waals surface area contributed by atoms with Gasteiger partial charge < -0.3 is 14.6 Å². The van der Waals surface area contributed by atoms with E-state index >= 15 is 0 Å². The van der Waals surface area contributed by atoms with E-state index in [1.165, 1.54) is 0 Å². The standard InChI is InChI=1S/C14H20O4/c15-9-11-10(12-7-8-13(11)18-12)5-3-1-2-4-6-14(16)17/h1,3,9-13H,2,4-8H2,(H,16,17)/b3-1-/t10-,11+,12+,13+/m1/s1. The normalized spacial score (nSPS) is 34.2. The summed E-state index contributed by atoms with van der Waals surface area (Å²) in [5, 5.41) is 8.50. The van der Waals surface area contributed by atoms with Crippen LogP contribution in [0.4, 0.5) is 0 Å². The van der Waals surface area contributed by atoms with Crippen molar-refractivity contribution in [2.24, 2.45) is 11.8 Å². The third kappa shape index (κ3) is 2.99. The molecule has 0 unspecified atom stereocenters. The van der Waals surface area contributed by atoms with Gasteiger partial charge in [-0.3, -0.25) is 4.79 Å². The van der Waals surface area contributed by atoms with Gasteiger partial charge in [-0.25, -0.2) is 0 Å². The maximum absolute atomic E-state index is 11.0. The van der Waals surface area contributed by atoms with E-state index in [2.05, 4.69) is 6.08 Å². The van der Waals surface area contributed by atoms with Gasteiger partial charge in [0.25, 0.3) is 0 Å². The van der Waals surface area contributed by atoms with Gasteiger partial charge in [-0.1, -0.05) is 12.2 Å². The average molecular weight is 252 g/mol. The van der Waals surface area contributed by atoms with Crippen molar-refractivity contribution in [2.45, 2.75) is 50.7 Å². The van der Waals surface area contributed by atoms with Crippen LogP contribution in [0.5, 0.6) is 0 Å². The van der Waals surface area contributed by atoms with E-state index < -0.39 is 5.97 Å². The van der Waals surface area contributed by atoms with Gasteiger partial charge in [-0.15, -0.1) is 0 Å². The number of hydrogen-bond acceptors (Lipinski definition) is 3. The average Bonchev–Trinajstić information content (AvgIpc) is 2.93. The molecule has 0 amide bonds. The monoisotopic (exact) mass is 252 g/mol. The Labute approximate surface area is 107 Å². The van der Waals surface area contributed by atoms with Crippen molar-refractivity contribution in [1.29, 1.82) is 0 Å². The third-order valence-electron chi connectivity index (χ3n) is 3.98. The first-order valence-corrected chi connectivity index (χ1v) is 6.70. The van der Waals surface area contributed by atoms with Crippen LogP contribution in [0.1, 0.15) is 38.5 Å². The van der Waals surface area contributed by atoms with Crippen molar-refractivity contribution >= 4 is 12.3 Å². The molecule has 0 aromatic heterocycles. The van der Waals surface area contributed by atoms with Gasteiger partial charge in [-0.05, 0) is 32.1 Å². The number of hydrogen-bond donors (Lipinski definition) is 1. The number of unbranched alkanes of at least 4 members (excludes halogenated alkanes) is 1. The molecule has 4 heteroatoms. The van der Waals surface area contributed by atoms with Crippen LogP contribution in [-0.2, 0) is 14.3 Å². The highest BCUT2D eigenvalue weighted by atomic mass is 16.5. The van der Waals surface area contributed by atoms with Crippen molar-refractivity contribution in [3.63, 3.8) is 0 Å². The van der Waals surface area contributed by atoms with Crippen molar-refractivity contribution in [3.8, 4) is 0 Å². The number of aldehydes is 1. The Morgan fingerprint density at radius 3 is 2.78 bits per heavy atom. The van der Waals surface area contributed by atoms with Gasteiger partial charge in [0.15, 0.2) is 0 Å². The topological polar surface area (TPSA) is 63.6 Å². The molecule has 0 aliphatic carbocycles. The first-order valence-electron chi connectivity index (χ1n) is 6.70. The Morgan fingerprint density at radius 2 is 2.06 bits per heavy atom. The maximum Gasteiger partial charge on any atom is 0.303 e. The molecule has 2 aliphatic rings. The summed E-state index contributed by atoms with van der Waals surface area (Å²) in [6.45, 7) is 0. The van der Waals surface area contributed by atoms with E-state index in [0.29, 0.717) is 12.3 Å². The molecule has 0 saturated carbocycles. The molecule has 2 saturated heterocycles. The van der Waals surface area contributed by atoms with Crippen LogP contribution < -0.4 is 0 Å². The summed E-state index contributed by atoms with van der Waals surface area (Å²) >= 11 is 0. The highest BCUT2D eigenvalue weighted by molar-refractivity contribution is 5.66. The molecule has 1 N–H and O–H groups in total. The molecule has 0 aromatic carbocycles. The SMILES string of the molecule is O=C[C@H]1[C@@H](C/C=C\CCCC(=O)O)[C@@H]2CC[C@@H]1O2. The van der Waals surface area contributed by atoms with Gasteiger partial charge in [0.2, 0.25) is 0 Å². The molecule has 4 nitrogen and oxygen atoms in total. The number of ether oxygens (including phenoxy) is 1.